The van der Waals surface area contributed by atoms with Gasteiger partial charge in [-0.25, -0.2) is 10.4 Å². The van der Waals surface area contributed by atoms with E-state index >= 15 is 0 Å². The van der Waals surface area contributed by atoms with Gasteiger partial charge < -0.3 is 4.90 Å². The zero-order valence-electron chi connectivity index (χ0n) is 16.3. The number of carbonyl (C=O) groups excluding carboxylic acids is 1. The van der Waals surface area contributed by atoms with Gasteiger partial charge in [-0.05, 0) is 43.0 Å². The highest BCUT2D eigenvalue weighted by molar-refractivity contribution is 5.95. The first-order valence-electron chi connectivity index (χ1n) is 9.78. The summed E-state index contributed by atoms with van der Waals surface area (Å²) >= 11 is 0. The zero-order valence-corrected chi connectivity index (χ0v) is 16.3. The summed E-state index contributed by atoms with van der Waals surface area (Å²) in [7, 11) is 0. The maximum atomic E-state index is 13.1. The van der Waals surface area contributed by atoms with E-state index in [2.05, 4.69) is 22.4 Å². The van der Waals surface area contributed by atoms with Crippen LogP contribution in [0.15, 0.2) is 64.6 Å². The Morgan fingerprint density at radius 1 is 1.14 bits per heavy atom. The molecule has 1 amide bonds. The molecule has 1 aliphatic heterocycles. The highest BCUT2D eigenvalue weighted by Crippen LogP contribution is 2.23. The first kappa shape index (κ1) is 18.9. The third-order valence-electron chi connectivity index (χ3n) is 5.23. The normalized spacial score (nSPS) is 15.1. The van der Waals surface area contributed by atoms with Crippen LogP contribution in [-0.2, 0) is 0 Å². The third-order valence-corrected chi connectivity index (χ3v) is 5.23. The number of anilines is 1. The van der Waals surface area contributed by atoms with Crippen LogP contribution in [0.25, 0.3) is 5.65 Å². The van der Waals surface area contributed by atoms with Crippen LogP contribution in [0.2, 0.25) is 0 Å². The van der Waals surface area contributed by atoms with Crippen LogP contribution < -0.4 is 15.9 Å². The molecule has 7 heteroatoms. The highest BCUT2D eigenvalue weighted by atomic mass is 16.2. The summed E-state index contributed by atoms with van der Waals surface area (Å²) < 4.78 is 1.50. The Balaban J connectivity index is 1.68. The molecule has 148 valence electrons. The van der Waals surface area contributed by atoms with E-state index in [1.54, 1.807) is 36.5 Å². The van der Waals surface area contributed by atoms with Gasteiger partial charge in [-0.3, -0.25) is 14.0 Å². The second-order valence-electron chi connectivity index (χ2n) is 7.32. The van der Waals surface area contributed by atoms with E-state index < -0.39 is 0 Å². The van der Waals surface area contributed by atoms with Gasteiger partial charge in [0.05, 0.1) is 6.21 Å². The zero-order chi connectivity index (χ0) is 20.2. The van der Waals surface area contributed by atoms with Gasteiger partial charge in [0.2, 0.25) is 0 Å². The molecule has 0 spiro atoms. The van der Waals surface area contributed by atoms with Gasteiger partial charge in [0, 0.05) is 24.8 Å². The van der Waals surface area contributed by atoms with E-state index in [1.807, 2.05) is 18.2 Å². The monoisotopic (exact) mass is 389 g/mol. The molecule has 0 atom stereocenters. The molecule has 0 bridgehead atoms. The van der Waals surface area contributed by atoms with Gasteiger partial charge in [-0.2, -0.15) is 5.10 Å². The van der Waals surface area contributed by atoms with Crippen molar-refractivity contribution in [1.29, 1.82) is 0 Å². The smallest absolute Gasteiger partial charge is 0.271 e. The predicted molar refractivity (Wildman–Crippen MR) is 114 cm³/mol. The standard InChI is InChI=1S/C22H23N5O2/c1-16-10-13-26(14-11-16)20-18(22(29)27-12-6-5-9-19(27)24-20)15-23-25-21(28)17-7-3-2-4-8-17/h2-9,12,15-16H,10-11,13-14H2,1H3,(H,25,28). The quantitative estimate of drug-likeness (QED) is 0.550. The number of fused-ring (bicyclic) bond motifs is 1. The fourth-order valence-corrected chi connectivity index (χ4v) is 3.47. The number of benzene rings is 1. The lowest BCUT2D eigenvalue weighted by Gasteiger charge is -2.32. The molecule has 1 fully saturated rings. The van der Waals surface area contributed by atoms with Crippen LogP contribution in [-0.4, -0.2) is 34.6 Å². The highest BCUT2D eigenvalue weighted by Gasteiger charge is 2.22. The second-order valence-corrected chi connectivity index (χ2v) is 7.32. The number of amides is 1. The Kier molecular flexibility index (Phi) is 5.37. The number of aromatic nitrogens is 2. The molecule has 3 aromatic rings. The molecule has 29 heavy (non-hydrogen) atoms. The Morgan fingerprint density at radius 2 is 1.86 bits per heavy atom. The van der Waals surface area contributed by atoms with E-state index in [0.29, 0.717) is 28.5 Å². The summed E-state index contributed by atoms with van der Waals surface area (Å²) in [6.07, 6.45) is 5.20. The molecule has 1 aliphatic rings. The van der Waals surface area contributed by atoms with Gasteiger partial charge in [0.15, 0.2) is 0 Å². The van der Waals surface area contributed by atoms with Crippen molar-refractivity contribution >= 4 is 23.6 Å². The van der Waals surface area contributed by atoms with Crippen molar-refractivity contribution in [3.05, 3.63) is 76.2 Å². The fourth-order valence-electron chi connectivity index (χ4n) is 3.47. The largest absolute Gasteiger partial charge is 0.356 e. The number of hydrogen-bond acceptors (Lipinski definition) is 5. The summed E-state index contributed by atoms with van der Waals surface area (Å²) in [5, 5.41) is 4.05. The van der Waals surface area contributed by atoms with Gasteiger partial charge in [-0.15, -0.1) is 0 Å². The summed E-state index contributed by atoms with van der Waals surface area (Å²) in [6.45, 7) is 3.92. The van der Waals surface area contributed by atoms with E-state index in [1.165, 1.54) is 10.6 Å². The van der Waals surface area contributed by atoms with Crippen LogP contribution in [0.4, 0.5) is 5.82 Å². The molecule has 0 aliphatic carbocycles. The predicted octanol–water partition coefficient (Wildman–Crippen LogP) is 2.69. The average molecular weight is 389 g/mol. The van der Waals surface area contributed by atoms with Gasteiger partial charge in [0.1, 0.15) is 17.0 Å². The lowest BCUT2D eigenvalue weighted by atomic mass is 9.99. The molecule has 1 saturated heterocycles. The molecule has 3 heterocycles. The number of carbonyl (C=O) groups is 1. The van der Waals surface area contributed by atoms with Crippen LogP contribution in [0, 0.1) is 5.92 Å². The molecule has 1 N–H and O–H groups in total. The van der Waals surface area contributed by atoms with Crippen molar-refractivity contribution < 1.29 is 4.79 Å². The first-order chi connectivity index (χ1) is 14.1. The average Bonchev–Trinajstić information content (AvgIpc) is 2.76. The van der Waals surface area contributed by atoms with Crippen molar-refractivity contribution in [2.45, 2.75) is 19.8 Å². The summed E-state index contributed by atoms with van der Waals surface area (Å²) in [5.41, 5.74) is 3.76. The molecule has 0 radical (unpaired) electrons. The number of piperidine rings is 1. The van der Waals surface area contributed by atoms with E-state index in [9.17, 15) is 9.59 Å². The fraction of sp³-hybridized carbons (Fsp3) is 0.273. The Hall–Kier alpha value is -3.48. The molecule has 0 saturated carbocycles. The lowest BCUT2D eigenvalue weighted by Crippen LogP contribution is -2.36. The number of hydrogen-bond donors (Lipinski definition) is 1. The van der Waals surface area contributed by atoms with Crippen LogP contribution in [0.1, 0.15) is 35.7 Å². The van der Waals surface area contributed by atoms with Crippen LogP contribution in [0.5, 0.6) is 0 Å². The summed E-state index contributed by atoms with van der Waals surface area (Å²) in [4.78, 5) is 32.2. The van der Waals surface area contributed by atoms with E-state index in [-0.39, 0.29) is 11.5 Å². The number of pyridine rings is 1. The molecule has 2 aromatic heterocycles. The van der Waals surface area contributed by atoms with E-state index in [4.69, 9.17) is 4.98 Å². The molecular formula is C22H23N5O2. The minimum absolute atomic E-state index is 0.207. The van der Waals surface area contributed by atoms with Gasteiger partial charge in [0.25, 0.3) is 11.5 Å². The van der Waals surface area contributed by atoms with Crippen molar-refractivity contribution in [2.24, 2.45) is 11.0 Å². The van der Waals surface area contributed by atoms with Gasteiger partial charge >= 0.3 is 0 Å². The Labute approximate surface area is 168 Å². The summed E-state index contributed by atoms with van der Waals surface area (Å²) in [5.74, 6) is 0.949. The third kappa shape index (κ3) is 4.03. The Bertz CT molecular complexity index is 1100. The maximum Gasteiger partial charge on any atom is 0.271 e. The topological polar surface area (TPSA) is 79.1 Å². The second kappa shape index (κ2) is 8.26. The number of rotatable bonds is 4. The summed E-state index contributed by atoms with van der Waals surface area (Å²) in [6, 6.07) is 14.3. The molecular weight excluding hydrogens is 366 g/mol. The number of nitrogens with one attached hydrogen (secondary N) is 1. The molecule has 7 nitrogen and oxygen atoms in total. The Morgan fingerprint density at radius 3 is 2.62 bits per heavy atom. The van der Waals surface area contributed by atoms with Crippen molar-refractivity contribution in [1.82, 2.24) is 14.8 Å². The van der Waals surface area contributed by atoms with Crippen LogP contribution in [0.3, 0.4) is 0 Å². The maximum absolute atomic E-state index is 13.1. The lowest BCUT2D eigenvalue weighted by molar-refractivity contribution is 0.0955. The number of nitrogens with zero attached hydrogens (tertiary/aromatic N) is 4. The molecule has 4 rings (SSSR count). The molecule has 1 aromatic carbocycles. The first-order valence-corrected chi connectivity index (χ1v) is 9.78. The van der Waals surface area contributed by atoms with Gasteiger partial charge in [-0.1, -0.05) is 31.2 Å². The van der Waals surface area contributed by atoms with Crippen molar-refractivity contribution in [2.75, 3.05) is 18.0 Å². The van der Waals surface area contributed by atoms with Crippen LogP contribution >= 0.6 is 0 Å². The van der Waals surface area contributed by atoms with Crippen molar-refractivity contribution in [3.63, 3.8) is 0 Å². The number of hydrazone groups is 1. The minimum atomic E-state index is -0.330. The minimum Gasteiger partial charge on any atom is -0.356 e. The van der Waals surface area contributed by atoms with Crippen molar-refractivity contribution in [3.8, 4) is 0 Å². The molecule has 0 unspecified atom stereocenters. The van der Waals surface area contributed by atoms with E-state index in [0.717, 1.165) is 25.9 Å². The SMILES string of the molecule is CC1CCN(c2nc3ccccn3c(=O)c2C=NNC(=O)c2ccccc2)CC1.